The fraction of sp³-hybridized carbons (Fsp3) is 0.889. The first kappa shape index (κ1) is 8.97. The van der Waals surface area contributed by atoms with E-state index >= 15 is 0 Å². The number of hydrogen-bond donors (Lipinski definition) is 2. The van der Waals surface area contributed by atoms with E-state index in [1.807, 2.05) is 0 Å². The average Bonchev–Trinajstić information content (AvgIpc) is 2.72. The van der Waals surface area contributed by atoms with Crippen molar-refractivity contribution >= 4 is 5.97 Å². The van der Waals surface area contributed by atoms with Crippen LogP contribution in [0.5, 0.6) is 0 Å². The Labute approximate surface area is 76.5 Å². The molecule has 13 heavy (non-hydrogen) atoms. The van der Waals surface area contributed by atoms with Crippen LogP contribution in [0.15, 0.2) is 0 Å². The summed E-state index contributed by atoms with van der Waals surface area (Å²) < 4.78 is 5.05. The van der Waals surface area contributed by atoms with E-state index in [-0.39, 0.29) is 30.0 Å². The third-order valence-corrected chi connectivity index (χ3v) is 3.36. The van der Waals surface area contributed by atoms with E-state index in [0.29, 0.717) is 6.42 Å². The zero-order valence-corrected chi connectivity index (χ0v) is 7.56. The highest BCUT2D eigenvalue weighted by Crippen LogP contribution is 2.63. The fourth-order valence-electron chi connectivity index (χ4n) is 2.48. The molecule has 0 bridgehead atoms. The topological polar surface area (TPSA) is 66.8 Å². The predicted molar refractivity (Wildman–Crippen MR) is 43.8 cm³/mol. The molecule has 0 aromatic carbocycles. The number of carbonyl (C=O) groups excluding carboxylic acids is 1. The molecule has 0 radical (unpaired) electrons. The van der Waals surface area contributed by atoms with E-state index in [4.69, 9.17) is 9.84 Å². The lowest BCUT2D eigenvalue weighted by molar-refractivity contribution is -0.147. The Morgan fingerprint density at radius 3 is 2.77 bits per heavy atom. The highest BCUT2D eigenvalue weighted by molar-refractivity contribution is 5.66. The Morgan fingerprint density at radius 1 is 1.69 bits per heavy atom. The van der Waals surface area contributed by atoms with Crippen molar-refractivity contribution in [3.8, 4) is 0 Å². The lowest BCUT2D eigenvalue weighted by atomic mass is 10.0. The monoisotopic (exact) mass is 186 g/mol. The molecule has 0 aromatic heterocycles. The Bertz CT molecular complexity index is 240. The van der Waals surface area contributed by atoms with Crippen LogP contribution in [0.1, 0.15) is 19.8 Å². The summed E-state index contributed by atoms with van der Waals surface area (Å²) in [5.74, 6) is -0.130. The molecule has 0 heterocycles. The van der Waals surface area contributed by atoms with Gasteiger partial charge >= 0.3 is 5.97 Å². The molecule has 2 aliphatic rings. The molecule has 0 saturated heterocycles. The lowest BCUT2D eigenvalue weighted by Crippen LogP contribution is -2.22. The number of carbonyl (C=O) groups is 1. The van der Waals surface area contributed by atoms with Crippen molar-refractivity contribution < 1.29 is 19.7 Å². The largest absolute Gasteiger partial charge is 0.462 e. The minimum absolute atomic E-state index is 0.00337. The minimum atomic E-state index is -0.508. The smallest absolute Gasteiger partial charge is 0.302 e. The molecule has 2 fully saturated rings. The molecule has 4 atom stereocenters. The van der Waals surface area contributed by atoms with Crippen LogP contribution in [0, 0.1) is 11.3 Å². The maximum Gasteiger partial charge on any atom is 0.302 e. The molecule has 74 valence electrons. The van der Waals surface area contributed by atoms with Gasteiger partial charge in [-0.25, -0.2) is 0 Å². The number of esters is 1. The van der Waals surface area contributed by atoms with Crippen molar-refractivity contribution in [3.05, 3.63) is 0 Å². The number of fused-ring (bicyclic) bond motifs is 1. The van der Waals surface area contributed by atoms with Crippen LogP contribution < -0.4 is 0 Å². The van der Waals surface area contributed by atoms with Crippen LogP contribution in [0.4, 0.5) is 0 Å². The summed E-state index contributed by atoms with van der Waals surface area (Å²) in [7, 11) is 0. The molecule has 2 aliphatic carbocycles. The highest BCUT2D eigenvalue weighted by Gasteiger charge is 2.67. The summed E-state index contributed by atoms with van der Waals surface area (Å²) in [6.07, 6.45) is 0.569. The number of aliphatic hydroxyl groups is 2. The summed E-state index contributed by atoms with van der Waals surface area (Å²) >= 11 is 0. The SMILES string of the molecule is CC(=O)O[C@@H]1C[C@H](O)[C@]2(CO)C[C@H]12. The summed E-state index contributed by atoms with van der Waals surface area (Å²) in [6.45, 7) is 1.37. The van der Waals surface area contributed by atoms with Crippen LogP contribution in [0.25, 0.3) is 0 Å². The van der Waals surface area contributed by atoms with Crippen molar-refractivity contribution in [3.63, 3.8) is 0 Å². The van der Waals surface area contributed by atoms with Crippen LogP contribution in [0.2, 0.25) is 0 Å². The number of aliphatic hydroxyl groups excluding tert-OH is 2. The second-order valence-corrected chi connectivity index (χ2v) is 4.10. The number of ether oxygens (including phenoxy) is 1. The first-order valence-electron chi connectivity index (χ1n) is 4.56. The van der Waals surface area contributed by atoms with E-state index in [1.54, 1.807) is 0 Å². The van der Waals surface area contributed by atoms with Crippen molar-refractivity contribution in [2.45, 2.75) is 32.0 Å². The van der Waals surface area contributed by atoms with E-state index in [1.165, 1.54) is 6.92 Å². The molecular formula is C9H14O4. The number of rotatable bonds is 2. The third-order valence-electron chi connectivity index (χ3n) is 3.36. The van der Waals surface area contributed by atoms with Gasteiger partial charge in [-0.2, -0.15) is 0 Å². The maximum absolute atomic E-state index is 10.7. The second kappa shape index (κ2) is 2.69. The Morgan fingerprint density at radius 2 is 2.38 bits per heavy atom. The van der Waals surface area contributed by atoms with E-state index < -0.39 is 6.10 Å². The maximum atomic E-state index is 10.7. The molecule has 4 heteroatoms. The summed E-state index contributed by atoms with van der Waals surface area (Å²) in [5, 5.41) is 18.7. The van der Waals surface area contributed by atoms with Crippen LogP contribution in [0.3, 0.4) is 0 Å². The second-order valence-electron chi connectivity index (χ2n) is 4.10. The van der Waals surface area contributed by atoms with Gasteiger partial charge in [0.25, 0.3) is 0 Å². The standard InChI is InChI=1S/C9H14O4/c1-5(11)13-7-2-8(12)9(4-10)3-6(7)9/h6-8,10,12H,2-4H2,1H3/t6-,7-,8+,9+/m1/s1. The zero-order chi connectivity index (χ0) is 9.64. The Hall–Kier alpha value is -0.610. The first-order chi connectivity index (χ1) is 6.10. The van der Waals surface area contributed by atoms with Crippen molar-refractivity contribution in [1.82, 2.24) is 0 Å². The lowest BCUT2D eigenvalue weighted by Gasteiger charge is -2.14. The van der Waals surface area contributed by atoms with Gasteiger partial charge in [0.2, 0.25) is 0 Å². The summed E-state index contributed by atoms with van der Waals surface area (Å²) in [5.41, 5.74) is -0.347. The van der Waals surface area contributed by atoms with Gasteiger partial charge in [0.05, 0.1) is 12.7 Å². The molecule has 4 nitrogen and oxygen atoms in total. The van der Waals surface area contributed by atoms with E-state index in [0.717, 1.165) is 6.42 Å². The molecular weight excluding hydrogens is 172 g/mol. The van der Waals surface area contributed by atoms with Gasteiger partial charge in [-0.15, -0.1) is 0 Å². The minimum Gasteiger partial charge on any atom is -0.462 e. The van der Waals surface area contributed by atoms with Gasteiger partial charge in [-0.1, -0.05) is 0 Å². The van der Waals surface area contributed by atoms with Crippen molar-refractivity contribution in [2.24, 2.45) is 11.3 Å². The van der Waals surface area contributed by atoms with Crippen molar-refractivity contribution in [1.29, 1.82) is 0 Å². The molecule has 0 spiro atoms. The van der Waals surface area contributed by atoms with Crippen LogP contribution in [-0.2, 0) is 9.53 Å². The zero-order valence-electron chi connectivity index (χ0n) is 7.56. The summed E-state index contributed by atoms with van der Waals surface area (Å²) in [6, 6.07) is 0. The van der Waals surface area contributed by atoms with Gasteiger partial charge in [0, 0.05) is 24.7 Å². The van der Waals surface area contributed by atoms with Crippen LogP contribution >= 0.6 is 0 Å². The predicted octanol–water partition coefficient (Wildman–Crippen LogP) is -0.319. The molecule has 0 unspecified atom stereocenters. The highest BCUT2D eigenvalue weighted by atomic mass is 16.5. The van der Waals surface area contributed by atoms with Crippen LogP contribution in [-0.4, -0.2) is 35.0 Å². The van der Waals surface area contributed by atoms with E-state index in [9.17, 15) is 9.90 Å². The van der Waals surface area contributed by atoms with Gasteiger partial charge in [0.1, 0.15) is 6.10 Å². The van der Waals surface area contributed by atoms with Gasteiger partial charge in [-0.3, -0.25) is 4.79 Å². The third kappa shape index (κ3) is 1.16. The average molecular weight is 186 g/mol. The molecule has 0 amide bonds. The Balaban J connectivity index is 2.02. The fourth-order valence-corrected chi connectivity index (χ4v) is 2.48. The quantitative estimate of drug-likeness (QED) is 0.580. The molecule has 0 aliphatic heterocycles. The molecule has 0 aromatic rings. The van der Waals surface area contributed by atoms with Gasteiger partial charge in [-0.05, 0) is 6.42 Å². The normalized spacial score (nSPS) is 47.2. The molecule has 2 rings (SSSR count). The van der Waals surface area contributed by atoms with Crippen molar-refractivity contribution in [2.75, 3.05) is 6.61 Å². The Kier molecular flexibility index (Phi) is 1.85. The van der Waals surface area contributed by atoms with Gasteiger partial charge < -0.3 is 14.9 Å². The van der Waals surface area contributed by atoms with Gasteiger partial charge in [0.15, 0.2) is 0 Å². The molecule has 2 saturated carbocycles. The molecule has 2 N–H and O–H groups in total. The van der Waals surface area contributed by atoms with E-state index in [2.05, 4.69) is 0 Å². The number of hydrogen-bond acceptors (Lipinski definition) is 4. The summed E-state index contributed by atoms with van der Waals surface area (Å²) in [4.78, 5) is 10.7. The first-order valence-corrected chi connectivity index (χ1v) is 4.56.